The molecule has 3 rings (SSSR count). The summed E-state index contributed by atoms with van der Waals surface area (Å²) in [6.07, 6.45) is -5.70. The summed E-state index contributed by atoms with van der Waals surface area (Å²) in [5.41, 5.74) is -1.05. The summed E-state index contributed by atoms with van der Waals surface area (Å²) in [6.45, 7) is 2.64. The van der Waals surface area contributed by atoms with Crippen LogP contribution in [0, 0.1) is 6.92 Å². The van der Waals surface area contributed by atoms with Crippen LogP contribution in [-0.4, -0.2) is 31.0 Å². The van der Waals surface area contributed by atoms with E-state index < -0.39 is 35.9 Å². The van der Waals surface area contributed by atoms with Crippen molar-refractivity contribution in [3.63, 3.8) is 0 Å². The number of nitrogens with zero attached hydrogens (tertiary/aromatic N) is 3. The van der Waals surface area contributed by atoms with E-state index in [0.29, 0.717) is 23.5 Å². The van der Waals surface area contributed by atoms with Gasteiger partial charge in [-0.1, -0.05) is 24.3 Å². The monoisotopic (exact) mass is 402 g/mol. The fourth-order valence-corrected chi connectivity index (χ4v) is 2.88. The molecular weight excluding hydrogens is 387 g/mol. The van der Waals surface area contributed by atoms with Gasteiger partial charge in [-0.2, -0.15) is 27.1 Å². The highest BCUT2D eigenvalue weighted by atomic mass is 19.4. The van der Waals surface area contributed by atoms with Crippen LogP contribution in [0.1, 0.15) is 35.6 Å². The average Bonchev–Trinajstić information content (AvgIpc) is 2.99. The topological polar surface area (TPSA) is 83.8 Å². The number of alkyl halides is 5. The van der Waals surface area contributed by atoms with E-state index in [1.807, 2.05) is 0 Å². The van der Waals surface area contributed by atoms with Gasteiger partial charge in [0.15, 0.2) is 5.65 Å². The summed E-state index contributed by atoms with van der Waals surface area (Å²) >= 11 is 0. The first-order chi connectivity index (χ1) is 13.0. The summed E-state index contributed by atoms with van der Waals surface area (Å²) in [5, 5.41) is 13.7. The molecule has 0 aliphatic rings. The van der Waals surface area contributed by atoms with Crippen molar-refractivity contribution in [2.75, 3.05) is 0 Å². The van der Waals surface area contributed by atoms with Crippen LogP contribution in [-0.2, 0) is 12.5 Å². The third-order valence-corrected chi connectivity index (χ3v) is 4.38. The van der Waals surface area contributed by atoms with Crippen LogP contribution < -0.4 is 5.56 Å². The molecule has 0 radical (unpaired) electrons. The van der Waals surface area contributed by atoms with E-state index in [9.17, 15) is 31.9 Å². The molecule has 28 heavy (non-hydrogen) atoms. The van der Waals surface area contributed by atoms with E-state index in [4.69, 9.17) is 0 Å². The number of halogens is 5. The highest BCUT2D eigenvalue weighted by molar-refractivity contribution is 5.77. The summed E-state index contributed by atoms with van der Waals surface area (Å²) in [4.78, 5) is 18.9. The first-order valence-corrected chi connectivity index (χ1v) is 8.11. The SMILES string of the molecule is Cc1nc2c(c(CO)nn2[C@H](C)c2ccc(C(F)(F)C(F)(F)F)cc2)c(=O)[nH]1. The number of aromatic amines is 1. The van der Waals surface area contributed by atoms with E-state index in [2.05, 4.69) is 15.1 Å². The molecule has 1 aromatic carbocycles. The van der Waals surface area contributed by atoms with Crippen LogP contribution in [0.4, 0.5) is 22.0 Å². The maximum absolute atomic E-state index is 13.4. The van der Waals surface area contributed by atoms with Crippen LogP contribution in [0.15, 0.2) is 29.1 Å². The van der Waals surface area contributed by atoms with Gasteiger partial charge in [0.2, 0.25) is 0 Å². The van der Waals surface area contributed by atoms with Crippen molar-refractivity contribution in [1.82, 2.24) is 19.7 Å². The number of fused-ring (bicyclic) bond motifs is 1. The minimum absolute atomic E-state index is 0.0795. The van der Waals surface area contributed by atoms with Gasteiger partial charge in [0.05, 0.1) is 12.6 Å². The number of hydrogen-bond acceptors (Lipinski definition) is 4. The molecule has 0 bridgehead atoms. The van der Waals surface area contributed by atoms with Crippen molar-refractivity contribution >= 4 is 11.0 Å². The summed E-state index contributed by atoms with van der Waals surface area (Å²) in [6, 6.07) is 3.01. The Morgan fingerprint density at radius 1 is 1.18 bits per heavy atom. The largest absolute Gasteiger partial charge is 0.458 e. The molecule has 0 amide bonds. The van der Waals surface area contributed by atoms with Gasteiger partial charge in [-0.15, -0.1) is 0 Å². The first-order valence-electron chi connectivity index (χ1n) is 8.11. The van der Waals surface area contributed by atoms with E-state index in [1.165, 1.54) is 4.68 Å². The van der Waals surface area contributed by atoms with E-state index in [0.717, 1.165) is 12.1 Å². The number of rotatable bonds is 4. The van der Waals surface area contributed by atoms with Crippen LogP contribution >= 0.6 is 0 Å². The second-order valence-electron chi connectivity index (χ2n) is 6.27. The quantitative estimate of drug-likeness (QED) is 0.657. The summed E-state index contributed by atoms with van der Waals surface area (Å²) < 4.78 is 65.7. The van der Waals surface area contributed by atoms with Gasteiger partial charge in [-0.25, -0.2) is 9.67 Å². The highest BCUT2D eigenvalue weighted by Gasteiger charge is 2.58. The fraction of sp³-hybridized carbons (Fsp3) is 0.353. The number of nitrogens with one attached hydrogen (secondary N) is 1. The smallest absolute Gasteiger partial charge is 0.390 e. The molecule has 2 heterocycles. The van der Waals surface area contributed by atoms with Crippen LogP contribution in [0.25, 0.3) is 11.0 Å². The van der Waals surface area contributed by atoms with E-state index >= 15 is 0 Å². The lowest BCUT2D eigenvalue weighted by atomic mass is 10.0. The molecule has 2 N–H and O–H groups in total. The van der Waals surface area contributed by atoms with Crippen molar-refractivity contribution in [1.29, 1.82) is 0 Å². The molecule has 150 valence electrons. The van der Waals surface area contributed by atoms with Crippen molar-refractivity contribution < 1.29 is 27.1 Å². The van der Waals surface area contributed by atoms with Gasteiger partial charge in [-0.05, 0) is 19.4 Å². The second-order valence-corrected chi connectivity index (χ2v) is 6.27. The lowest BCUT2D eigenvalue weighted by Gasteiger charge is -2.21. The molecule has 0 unspecified atom stereocenters. The van der Waals surface area contributed by atoms with Crippen LogP contribution in [0.2, 0.25) is 0 Å². The van der Waals surface area contributed by atoms with E-state index in [-0.39, 0.29) is 16.7 Å². The predicted molar refractivity (Wildman–Crippen MR) is 89.0 cm³/mol. The Labute approximate surface area is 154 Å². The molecule has 2 aromatic heterocycles. The lowest BCUT2D eigenvalue weighted by molar-refractivity contribution is -0.289. The van der Waals surface area contributed by atoms with Gasteiger partial charge in [0.1, 0.15) is 16.9 Å². The minimum atomic E-state index is -5.70. The van der Waals surface area contributed by atoms with Crippen molar-refractivity contribution in [3.8, 4) is 0 Å². The Morgan fingerprint density at radius 3 is 2.32 bits per heavy atom. The number of H-pyrrole nitrogens is 1. The molecule has 0 spiro atoms. The van der Waals surface area contributed by atoms with Gasteiger partial charge in [0, 0.05) is 5.56 Å². The van der Waals surface area contributed by atoms with Crippen molar-refractivity contribution in [2.24, 2.45) is 0 Å². The first kappa shape index (κ1) is 19.9. The Hall–Kier alpha value is -2.82. The molecule has 0 aliphatic carbocycles. The minimum Gasteiger partial charge on any atom is -0.390 e. The van der Waals surface area contributed by atoms with Gasteiger partial charge in [0.25, 0.3) is 5.56 Å². The fourth-order valence-electron chi connectivity index (χ4n) is 2.88. The average molecular weight is 402 g/mol. The summed E-state index contributed by atoms with van der Waals surface area (Å²) in [7, 11) is 0. The van der Waals surface area contributed by atoms with Crippen molar-refractivity contribution in [3.05, 3.63) is 57.3 Å². The lowest BCUT2D eigenvalue weighted by Crippen LogP contribution is -2.33. The second kappa shape index (κ2) is 6.66. The van der Waals surface area contributed by atoms with Gasteiger partial charge >= 0.3 is 12.1 Å². The highest BCUT2D eigenvalue weighted by Crippen LogP contribution is 2.44. The van der Waals surface area contributed by atoms with Gasteiger partial charge < -0.3 is 10.1 Å². The zero-order valence-electron chi connectivity index (χ0n) is 14.7. The number of aryl methyl sites for hydroxylation is 1. The molecule has 1 atom stereocenters. The zero-order chi connectivity index (χ0) is 20.9. The van der Waals surface area contributed by atoms with Crippen molar-refractivity contribution in [2.45, 2.75) is 38.6 Å². The molecule has 0 aliphatic heterocycles. The molecule has 3 aromatic rings. The molecular formula is C17H15F5N4O2. The Bertz CT molecular complexity index is 1070. The standard InChI is InChI=1S/C17H15F5N4O2/c1-8(10-3-5-11(6-4-10)16(18,19)17(20,21)22)26-14-13(12(7-27)25-26)15(28)24-9(2)23-14/h3-6,8,27H,7H2,1-2H3,(H,23,24,28)/t8-/m1/s1. The van der Waals surface area contributed by atoms with E-state index in [1.54, 1.807) is 13.8 Å². The van der Waals surface area contributed by atoms with Crippen LogP contribution in [0.5, 0.6) is 0 Å². The predicted octanol–water partition coefficient (Wildman–Crippen LogP) is 3.18. The summed E-state index contributed by atoms with van der Waals surface area (Å²) in [5.74, 6) is -4.67. The van der Waals surface area contributed by atoms with Gasteiger partial charge in [-0.3, -0.25) is 4.79 Å². The molecule has 0 fully saturated rings. The number of benzene rings is 1. The maximum atomic E-state index is 13.4. The molecule has 0 saturated heterocycles. The number of aromatic nitrogens is 4. The normalized spacial score (nSPS) is 13.9. The molecule has 6 nitrogen and oxygen atoms in total. The Morgan fingerprint density at radius 2 is 1.79 bits per heavy atom. The number of hydrogen-bond donors (Lipinski definition) is 2. The third kappa shape index (κ3) is 3.15. The van der Waals surface area contributed by atoms with Crippen LogP contribution in [0.3, 0.4) is 0 Å². The molecule has 11 heteroatoms. The Balaban J connectivity index is 2.06. The molecule has 0 saturated carbocycles. The third-order valence-electron chi connectivity index (χ3n) is 4.38. The number of aliphatic hydroxyl groups excluding tert-OH is 1. The number of aliphatic hydroxyl groups is 1. The Kier molecular flexibility index (Phi) is 4.74. The maximum Gasteiger partial charge on any atom is 0.458 e. The zero-order valence-corrected chi connectivity index (χ0v) is 14.7.